The van der Waals surface area contributed by atoms with Crippen LogP contribution < -0.4 is 0 Å². The highest BCUT2D eigenvalue weighted by molar-refractivity contribution is 5.95. The highest BCUT2D eigenvalue weighted by Gasteiger charge is 2.08. The van der Waals surface area contributed by atoms with Gasteiger partial charge in [-0.1, -0.05) is 6.92 Å². The van der Waals surface area contributed by atoms with Gasteiger partial charge in [-0.25, -0.2) is 0 Å². The molecule has 0 saturated carbocycles. The van der Waals surface area contributed by atoms with Crippen LogP contribution in [0, 0.1) is 0 Å². The van der Waals surface area contributed by atoms with E-state index < -0.39 is 0 Å². The number of methoxy groups -OCH3 is 1. The highest BCUT2D eigenvalue weighted by Crippen LogP contribution is 2.03. The van der Waals surface area contributed by atoms with Crippen LogP contribution in [0.25, 0.3) is 0 Å². The Balaban J connectivity index is 2.26. The van der Waals surface area contributed by atoms with Crippen molar-refractivity contribution in [3.63, 3.8) is 0 Å². The Labute approximate surface area is 102 Å². The molecule has 0 bridgehead atoms. The molecular weight excluding hydrogens is 220 g/mol. The summed E-state index contributed by atoms with van der Waals surface area (Å²) in [5.41, 5.74) is 0.661. The summed E-state index contributed by atoms with van der Waals surface area (Å²) in [5, 5.41) is 4.12. The Morgan fingerprint density at radius 1 is 1.41 bits per heavy atom. The van der Waals surface area contributed by atoms with Gasteiger partial charge in [-0.3, -0.25) is 9.48 Å². The van der Waals surface area contributed by atoms with Crippen molar-refractivity contribution in [2.24, 2.45) is 0 Å². The molecule has 0 aliphatic heterocycles. The maximum absolute atomic E-state index is 11.7. The first kappa shape index (κ1) is 13.9. The fourth-order valence-electron chi connectivity index (χ4n) is 1.41. The van der Waals surface area contributed by atoms with Crippen LogP contribution in [0.4, 0.5) is 0 Å². The lowest BCUT2D eigenvalue weighted by Crippen LogP contribution is -2.07. The highest BCUT2D eigenvalue weighted by atomic mass is 16.5. The average Bonchev–Trinajstić information content (AvgIpc) is 2.78. The third-order valence-corrected chi connectivity index (χ3v) is 2.31. The number of rotatable bonds is 9. The number of aromatic nitrogens is 2. The first-order chi connectivity index (χ1) is 8.27. The molecule has 96 valence electrons. The van der Waals surface area contributed by atoms with Gasteiger partial charge in [0.15, 0.2) is 5.78 Å². The van der Waals surface area contributed by atoms with E-state index in [2.05, 4.69) is 12.0 Å². The zero-order valence-corrected chi connectivity index (χ0v) is 10.5. The molecular formula is C12H20N2O3. The Hall–Kier alpha value is -1.20. The minimum atomic E-state index is 0.0739. The molecule has 1 aromatic rings. The summed E-state index contributed by atoms with van der Waals surface area (Å²) in [4.78, 5) is 11.7. The number of ether oxygens (including phenoxy) is 2. The first-order valence-corrected chi connectivity index (χ1v) is 5.90. The van der Waals surface area contributed by atoms with Crippen molar-refractivity contribution in [2.75, 3.05) is 26.9 Å². The lowest BCUT2D eigenvalue weighted by molar-refractivity contribution is 0.0641. The van der Waals surface area contributed by atoms with E-state index in [1.54, 1.807) is 24.2 Å². The topological polar surface area (TPSA) is 53.4 Å². The summed E-state index contributed by atoms with van der Waals surface area (Å²) < 4.78 is 11.9. The van der Waals surface area contributed by atoms with Gasteiger partial charge in [0, 0.05) is 26.3 Å². The molecule has 0 N–H and O–H groups in total. The fraction of sp³-hybridized carbons (Fsp3) is 0.667. The standard InChI is InChI=1S/C12H20N2O3/c1-3-5-14-10-11(9-13-14)12(15)4-6-17-8-7-16-2/h9-10H,3-8H2,1-2H3. The van der Waals surface area contributed by atoms with E-state index in [-0.39, 0.29) is 5.78 Å². The van der Waals surface area contributed by atoms with E-state index in [4.69, 9.17) is 9.47 Å². The third kappa shape index (κ3) is 5.10. The smallest absolute Gasteiger partial charge is 0.168 e. The van der Waals surface area contributed by atoms with Crippen LogP contribution in [0.3, 0.4) is 0 Å². The zero-order chi connectivity index (χ0) is 12.5. The molecule has 0 fully saturated rings. The Bertz CT molecular complexity index is 336. The summed E-state index contributed by atoms with van der Waals surface area (Å²) in [6.07, 6.45) is 4.81. The van der Waals surface area contributed by atoms with Crippen molar-refractivity contribution >= 4 is 5.78 Å². The molecule has 5 heteroatoms. The van der Waals surface area contributed by atoms with Gasteiger partial charge in [-0.2, -0.15) is 5.10 Å². The number of aryl methyl sites for hydroxylation is 1. The number of Topliss-reactive ketones (excluding diaryl/α,β-unsaturated/α-hetero) is 1. The molecule has 0 aliphatic carbocycles. The second kappa shape index (κ2) is 7.97. The predicted molar refractivity (Wildman–Crippen MR) is 64.2 cm³/mol. The van der Waals surface area contributed by atoms with Crippen molar-refractivity contribution in [1.82, 2.24) is 9.78 Å². The van der Waals surface area contributed by atoms with E-state index in [1.165, 1.54) is 0 Å². The minimum absolute atomic E-state index is 0.0739. The molecule has 0 atom stereocenters. The molecule has 1 rings (SSSR count). The summed E-state index contributed by atoms with van der Waals surface area (Å²) in [6.45, 7) is 4.44. The van der Waals surface area contributed by atoms with Gasteiger partial charge >= 0.3 is 0 Å². The van der Waals surface area contributed by atoms with Crippen molar-refractivity contribution in [2.45, 2.75) is 26.3 Å². The van der Waals surface area contributed by atoms with E-state index in [0.29, 0.717) is 31.8 Å². The van der Waals surface area contributed by atoms with E-state index in [9.17, 15) is 4.79 Å². The summed E-state index contributed by atoms with van der Waals surface area (Å²) in [5.74, 6) is 0.0739. The number of carbonyl (C=O) groups excluding carboxylic acids is 1. The van der Waals surface area contributed by atoms with Crippen LogP contribution in [0.1, 0.15) is 30.1 Å². The lowest BCUT2D eigenvalue weighted by atomic mass is 10.2. The van der Waals surface area contributed by atoms with Gasteiger partial charge in [0.1, 0.15) is 0 Å². The normalized spacial score (nSPS) is 10.7. The van der Waals surface area contributed by atoms with Gasteiger partial charge in [0.05, 0.1) is 31.6 Å². The maximum Gasteiger partial charge on any atom is 0.168 e. The number of ketones is 1. The molecule has 0 aromatic carbocycles. The number of carbonyl (C=O) groups is 1. The van der Waals surface area contributed by atoms with Crippen LogP contribution in [0.5, 0.6) is 0 Å². The van der Waals surface area contributed by atoms with E-state index in [1.807, 2.05) is 0 Å². The molecule has 0 aliphatic rings. The molecule has 0 radical (unpaired) electrons. The van der Waals surface area contributed by atoms with Gasteiger partial charge in [-0.05, 0) is 6.42 Å². The van der Waals surface area contributed by atoms with Crippen LogP contribution in [0.15, 0.2) is 12.4 Å². The molecule has 1 heterocycles. The zero-order valence-electron chi connectivity index (χ0n) is 10.5. The third-order valence-electron chi connectivity index (χ3n) is 2.31. The average molecular weight is 240 g/mol. The SMILES string of the molecule is CCCn1cc(C(=O)CCOCCOC)cn1. The van der Waals surface area contributed by atoms with Gasteiger partial charge in [0.25, 0.3) is 0 Å². The maximum atomic E-state index is 11.7. The summed E-state index contributed by atoms with van der Waals surface area (Å²) >= 11 is 0. The molecule has 1 aromatic heterocycles. The van der Waals surface area contributed by atoms with Crippen LogP contribution in [0.2, 0.25) is 0 Å². The number of nitrogens with zero attached hydrogens (tertiary/aromatic N) is 2. The largest absolute Gasteiger partial charge is 0.382 e. The second-order valence-corrected chi connectivity index (χ2v) is 3.77. The van der Waals surface area contributed by atoms with Crippen molar-refractivity contribution in [3.8, 4) is 0 Å². The van der Waals surface area contributed by atoms with Gasteiger partial charge < -0.3 is 9.47 Å². The molecule has 0 unspecified atom stereocenters. The molecule has 0 amide bonds. The van der Waals surface area contributed by atoms with Gasteiger partial charge in [0.2, 0.25) is 0 Å². The van der Waals surface area contributed by atoms with E-state index in [0.717, 1.165) is 13.0 Å². The predicted octanol–water partition coefficient (Wildman–Crippen LogP) is 1.53. The lowest BCUT2D eigenvalue weighted by Gasteiger charge is -2.01. The fourth-order valence-corrected chi connectivity index (χ4v) is 1.41. The molecule has 0 saturated heterocycles. The van der Waals surface area contributed by atoms with E-state index >= 15 is 0 Å². The Kier molecular flexibility index (Phi) is 6.50. The molecule has 17 heavy (non-hydrogen) atoms. The summed E-state index contributed by atoms with van der Waals surface area (Å²) in [7, 11) is 1.62. The van der Waals surface area contributed by atoms with Crippen molar-refractivity contribution < 1.29 is 14.3 Å². The Morgan fingerprint density at radius 2 is 2.24 bits per heavy atom. The van der Waals surface area contributed by atoms with Crippen LogP contribution in [-0.2, 0) is 16.0 Å². The molecule has 5 nitrogen and oxygen atoms in total. The first-order valence-electron chi connectivity index (χ1n) is 5.90. The minimum Gasteiger partial charge on any atom is -0.382 e. The number of hydrogen-bond acceptors (Lipinski definition) is 4. The molecule has 0 spiro atoms. The summed E-state index contributed by atoms with van der Waals surface area (Å²) in [6, 6.07) is 0. The van der Waals surface area contributed by atoms with Crippen molar-refractivity contribution in [1.29, 1.82) is 0 Å². The monoisotopic (exact) mass is 240 g/mol. The van der Waals surface area contributed by atoms with Crippen LogP contribution in [-0.4, -0.2) is 42.5 Å². The number of hydrogen-bond donors (Lipinski definition) is 0. The van der Waals surface area contributed by atoms with Crippen molar-refractivity contribution in [3.05, 3.63) is 18.0 Å². The second-order valence-electron chi connectivity index (χ2n) is 3.77. The quantitative estimate of drug-likeness (QED) is 0.485. The van der Waals surface area contributed by atoms with Gasteiger partial charge in [-0.15, -0.1) is 0 Å². The Morgan fingerprint density at radius 3 is 2.94 bits per heavy atom. The van der Waals surface area contributed by atoms with Crippen LogP contribution >= 0.6 is 0 Å².